The summed E-state index contributed by atoms with van der Waals surface area (Å²) in [6.45, 7) is 0. The molecule has 0 aliphatic heterocycles. The third-order valence-corrected chi connectivity index (χ3v) is 3.40. The first-order valence-electron chi connectivity index (χ1n) is 4.75. The molecule has 1 aromatic carbocycles. The number of carbonyl (C=O) groups is 1. The van der Waals surface area contributed by atoms with Gasteiger partial charge >= 0.3 is 0 Å². The molecule has 0 spiro atoms. The predicted octanol–water partition coefficient (Wildman–Crippen LogP) is 3.34. The van der Waals surface area contributed by atoms with Gasteiger partial charge in [0.05, 0.1) is 16.8 Å². The number of nitrogens with one attached hydrogen (secondary N) is 1. The number of nitriles is 1. The Balaban J connectivity index is 2.19. The summed E-state index contributed by atoms with van der Waals surface area (Å²) in [4.78, 5) is 11.8. The molecule has 0 atom stereocenters. The Morgan fingerprint density at radius 1 is 1.56 bits per heavy atom. The number of hydrogen-bond acceptors (Lipinski definition) is 2. The van der Waals surface area contributed by atoms with Gasteiger partial charge in [0.2, 0.25) is 5.91 Å². The molecule has 0 saturated heterocycles. The zero-order chi connectivity index (χ0) is 11.8. The summed E-state index contributed by atoms with van der Waals surface area (Å²) < 4.78 is 0.828. The summed E-state index contributed by atoms with van der Waals surface area (Å²) in [6, 6.07) is 7.23. The molecule has 0 bridgehead atoms. The number of benzene rings is 1. The van der Waals surface area contributed by atoms with Crippen molar-refractivity contribution in [3.05, 3.63) is 27.7 Å². The van der Waals surface area contributed by atoms with Crippen molar-refractivity contribution in [2.45, 2.75) is 12.8 Å². The monoisotopic (exact) mass is 298 g/mol. The Labute approximate surface area is 107 Å². The van der Waals surface area contributed by atoms with Crippen LogP contribution in [0, 0.1) is 16.7 Å². The minimum absolute atomic E-state index is 0.269. The quantitative estimate of drug-likeness (QED) is 0.910. The van der Waals surface area contributed by atoms with E-state index in [0.29, 0.717) is 23.6 Å². The summed E-state index contributed by atoms with van der Waals surface area (Å²) in [5, 5.41) is 12.0. The molecule has 5 heteroatoms. The molecule has 0 aromatic heterocycles. The van der Waals surface area contributed by atoms with Gasteiger partial charge in [-0.3, -0.25) is 4.79 Å². The molecule has 1 fully saturated rings. The SMILES string of the molecule is N#CC1(C(=O)Nc2cc(Br)ccc2Cl)CC1. The molecule has 3 nitrogen and oxygen atoms in total. The normalized spacial score (nSPS) is 16.3. The lowest BCUT2D eigenvalue weighted by Gasteiger charge is -2.09. The fourth-order valence-corrected chi connectivity index (χ4v) is 1.88. The highest BCUT2D eigenvalue weighted by atomic mass is 79.9. The lowest BCUT2D eigenvalue weighted by atomic mass is 10.1. The first-order valence-corrected chi connectivity index (χ1v) is 5.92. The summed E-state index contributed by atoms with van der Waals surface area (Å²) in [6.07, 6.45) is 1.25. The van der Waals surface area contributed by atoms with Crippen LogP contribution in [-0.2, 0) is 4.79 Å². The van der Waals surface area contributed by atoms with Crippen molar-refractivity contribution in [3.8, 4) is 6.07 Å². The van der Waals surface area contributed by atoms with Gasteiger partial charge in [0.25, 0.3) is 0 Å². The van der Waals surface area contributed by atoms with Gasteiger partial charge in [-0.2, -0.15) is 5.26 Å². The molecule has 82 valence electrons. The lowest BCUT2D eigenvalue weighted by Crippen LogP contribution is -2.22. The molecule has 1 saturated carbocycles. The smallest absolute Gasteiger partial charge is 0.244 e. The molecule has 1 amide bonds. The Hall–Kier alpha value is -1.05. The lowest BCUT2D eigenvalue weighted by molar-refractivity contribution is -0.119. The maximum Gasteiger partial charge on any atom is 0.244 e. The minimum atomic E-state index is -0.828. The average molecular weight is 300 g/mol. The predicted molar refractivity (Wildman–Crippen MR) is 65.1 cm³/mol. The van der Waals surface area contributed by atoms with Crippen LogP contribution < -0.4 is 5.32 Å². The molecule has 1 aliphatic carbocycles. The molecule has 0 heterocycles. The third-order valence-electron chi connectivity index (χ3n) is 2.58. The first-order chi connectivity index (χ1) is 7.57. The van der Waals surface area contributed by atoms with Crippen molar-refractivity contribution in [1.82, 2.24) is 0 Å². The maximum atomic E-state index is 11.8. The number of halogens is 2. The summed E-state index contributed by atoms with van der Waals surface area (Å²) in [5.74, 6) is -0.269. The topological polar surface area (TPSA) is 52.9 Å². The van der Waals surface area contributed by atoms with Crippen molar-refractivity contribution < 1.29 is 4.79 Å². The van der Waals surface area contributed by atoms with Crippen LogP contribution in [0.5, 0.6) is 0 Å². The molecule has 1 N–H and O–H groups in total. The van der Waals surface area contributed by atoms with Crippen molar-refractivity contribution in [2.24, 2.45) is 5.41 Å². The zero-order valence-corrected chi connectivity index (χ0v) is 10.6. The molecule has 0 unspecified atom stereocenters. The van der Waals surface area contributed by atoms with E-state index in [4.69, 9.17) is 16.9 Å². The summed E-state index contributed by atoms with van der Waals surface area (Å²) in [7, 11) is 0. The number of amides is 1. The molecule has 2 rings (SSSR count). The van der Waals surface area contributed by atoms with Crippen LogP contribution >= 0.6 is 27.5 Å². The van der Waals surface area contributed by atoms with Crippen LogP contribution in [0.2, 0.25) is 5.02 Å². The molecule has 1 aromatic rings. The van der Waals surface area contributed by atoms with Gasteiger partial charge in [-0.05, 0) is 31.0 Å². The second-order valence-corrected chi connectivity index (χ2v) is 5.10. The van der Waals surface area contributed by atoms with Crippen molar-refractivity contribution in [1.29, 1.82) is 5.26 Å². The van der Waals surface area contributed by atoms with E-state index in [0.717, 1.165) is 4.47 Å². The van der Waals surface area contributed by atoms with Gasteiger partial charge in [-0.15, -0.1) is 0 Å². The molecule has 16 heavy (non-hydrogen) atoms. The van der Waals surface area contributed by atoms with E-state index < -0.39 is 5.41 Å². The largest absolute Gasteiger partial charge is 0.323 e. The number of carbonyl (C=O) groups excluding carboxylic acids is 1. The van der Waals surface area contributed by atoms with E-state index in [-0.39, 0.29) is 5.91 Å². The second kappa shape index (κ2) is 4.08. The Kier molecular flexibility index (Phi) is 2.92. The maximum absolute atomic E-state index is 11.8. The van der Waals surface area contributed by atoms with Gasteiger partial charge < -0.3 is 5.32 Å². The van der Waals surface area contributed by atoms with E-state index in [9.17, 15) is 4.79 Å². The standard InChI is InChI=1S/C11H8BrClN2O/c12-7-1-2-8(13)9(5-7)15-10(16)11(6-14)3-4-11/h1-2,5H,3-4H2,(H,15,16). The second-order valence-electron chi connectivity index (χ2n) is 3.77. The molecule has 1 aliphatic rings. The number of hydrogen-bond donors (Lipinski definition) is 1. The number of rotatable bonds is 2. The Bertz CT molecular complexity index is 491. The van der Waals surface area contributed by atoms with Crippen LogP contribution in [0.3, 0.4) is 0 Å². The highest BCUT2D eigenvalue weighted by Crippen LogP contribution is 2.46. The van der Waals surface area contributed by atoms with E-state index in [1.165, 1.54) is 0 Å². The Morgan fingerprint density at radius 3 is 2.81 bits per heavy atom. The van der Waals surface area contributed by atoms with Gasteiger partial charge in [-0.1, -0.05) is 27.5 Å². The van der Waals surface area contributed by atoms with E-state index in [1.807, 2.05) is 6.07 Å². The molecule has 0 radical (unpaired) electrons. The summed E-state index contributed by atoms with van der Waals surface area (Å²) in [5.41, 5.74) is -0.298. The van der Waals surface area contributed by atoms with Crippen LogP contribution in [0.15, 0.2) is 22.7 Å². The highest BCUT2D eigenvalue weighted by Gasteiger charge is 2.50. The fourth-order valence-electron chi connectivity index (χ4n) is 1.35. The van der Waals surface area contributed by atoms with Gasteiger partial charge in [0, 0.05) is 4.47 Å². The highest BCUT2D eigenvalue weighted by molar-refractivity contribution is 9.10. The Morgan fingerprint density at radius 2 is 2.25 bits per heavy atom. The van der Waals surface area contributed by atoms with Crippen LogP contribution in [-0.4, -0.2) is 5.91 Å². The first kappa shape index (κ1) is 11.4. The average Bonchev–Trinajstić information content (AvgIpc) is 3.04. The van der Waals surface area contributed by atoms with Crippen LogP contribution in [0.1, 0.15) is 12.8 Å². The summed E-state index contributed by atoms with van der Waals surface area (Å²) >= 11 is 9.23. The van der Waals surface area contributed by atoms with E-state index in [2.05, 4.69) is 21.2 Å². The fraction of sp³-hybridized carbons (Fsp3) is 0.273. The van der Waals surface area contributed by atoms with Crippen molar-refractivity contribution >= 4 is 39.1 Å². The zero-order valence-electron chi connectivity index (χ0n) is 8.26. The number of anilines is 1. The van der Waals surface area contributed by atoms with Crippen LogP contribution in [0.25, 0.3) is 0 Å². The van der Waals surface area contributed by atoms with Gasteiger partial charge in [-0.25, -0.2) is 0 Å². The molecular formula is C11H8BrClN2O. The van der Waals surface area contributed by atoms with Crippen molar-refractivity contribution in [2.75, 3.05) is 5.32 Å². The van der Waals surface area contributed by atoms with Gasteiger partial charge in [0.15, 0.2) is 0 Å². The van der Waals surface area contributed by atoms with Crippen molar-refractivity contribution in [3.63, 3.8) is 0 Å². The minimum Gasteiger partial charge on any atom is -0.323 e. The van der Waals surface area contributed by atoms with E-state index in [1.54, 1.807) is 18.2 Å². The number of nitrogens with zero attached hydrogens (tertiary/aromatic N) is 1. The molecular weight excluding hydrogens is 291 g/mol. The van der Waals surface area contributed by atoms with Gasteiger partial charge in [0.1, 0.15) is 5.41 Å². The van der Waals surface area contributed by atoms with E-state index >= 15 is 0 Å². The van der Waals surface area contributed by atoms with Crippen LogP contribution in [0.4, 0.5) is 5.69 Å². The third kappa shape index (κ3) is 2.06.